The highest BCUT2D eigenvalue weighted by Crippen LogP contribution is 2.22. The number of guanidine groups is 1. The molecule has 3 N–H and O–H groups in total. The summed E-state index contributed by atoms with van der Waals surface area (Å²) in [5.74, 6) is 1.56. The molecule has 2 rings (SSSR count). The van der Waals surface area contributed by atoms with E-state index < -0.39 is 0 Å². The number of hydrogen-bond acceptors (Lipinski definition) is 3. The first kappa shape index (κ1) is 17.1. The average molecular weight is 314 g/mol. The molecule has 1 aromatic heterocycles. The number of anilines is 1. The van der Waals surface area contributed by atoms with Gasteiger partial charge in [0.15, 0.2) is 11.7 Å². The number of aromatic nitrogens is 1. The van der Waals surface area contributed by atoms with Gasteiger partial charge in [-0.2, -0.15) is 0 Å². The highest BCUT2D eigenvalue weighted by molar-refractivity contribution is 5.92. The summed E-state index contributed by atoms with van der Waals surface area (Å²) in [6, 6.07) is 10.1. The SMILES string of the molecule is CCc1cccc(NC(N)=NCc2cc(C(CC)CC)no2)c1. The van der Waals surface area contributed by atoms with Gasteiger partial charge in [0, 0.05) is 17.7 Å². The fourth-order valence-electron chi connectivity index (χ4n) is 2.52. The molecular formula is C18H26N4O. The second kappa shape index (κ2) is 8.36. The van der Waals surface area contributed by atoms with E-state index in [0.717, 1.165) is 36.4 Å². The zero-order chi connectivity index (χ0) is 16.7. The minimum Gasteiger partial charge on any atom is -0.370 e. The molecule has 5 nitrogen and oxygen atoms in total. The van der Waals surface area contributed by atoms with E-state index in [2.05, 4.69) is 48.4 Å². The third-order valence-corrected chi connectivity index (χ3v) is 3.99. The van der Waals surface area contributed by atoms with E-state index in [4.69, 9.17) is 10.3 Å². The topological polar surface area (TPSA) is 76.4 Å². The van der Waals surface area contributed by atoms with Crippen LogP contribution in [0.3, 0.4) is 0 Å². The van der Waals surface area contributed by atoms with Gasteiger partial charge in [0.05, 0.1) is 5.69 Å². The van der Waals surface area contributed by atoms with Gasteiger partial charge in [0.1, 0.15) is 6.54 Å². The second-order valence-electron chi connectivity index (χ2n) is 5.61. The molecule has 0 saturated heterocycles. The number of aliphatic imine (C=N–C) groups is 1. The molecule has 0 atom stereocenters. The van der Waals surface area contributed by atoms with E-state index in [1.165, 1.54) is 5.56 Å². The van der Waals surface area contributed by atoms with Gasteiger partial charge in [0.25, 0.3) is 0 Å². The molecule has 0 aliphatic carbocycles. The second-order valence-corrected chi connectivity index (χ2v) is 5.61. The van der Waals surface area contributed by atoms with Gasteiger partial charge in [-0.05, 0) is 37.0 Å². The standard InChI is InChI=1S/C18H26N4O/c1-4-13-8-7-9-15(10-13)21-18(19)20-12-16-11-17(22-23-16)14(5-2)6-3/h7-11,14H,4-6,12H2,1-3H3,(H3,19,20,21). The van der Waals surface area contributed by atoms with Gasteiger partial charge in [0.2, 0.25) is 0 Å². The van der Waals surface area contributed by atoms with E-state index in [1.54, 1.807) is 0 Å². The van der Waals surface area contributed by atoms with Crippen molar-refractivity contribution in [3.63, 3.8) is 0 Å². The van der Waals surface area contributed by atoms with E-state index in [-0.39, 0.29) is 0 Å². The Morgan fingerprint density at radius 1 is 1.26 bits per heavy atom. The Labute approximate surface area is 138 Å². The Hall–Kier alpha value is -2.30. The summed E-state index contributed by atoms with van der Waals surface area (Å²) in [6.45, 7) is 6.83. The first-order valence-electron chi connectivity index (χ1n) is 8.27. The monoisotopic (exact) mass is 314 g/mol. The normalized spacial score (nSPS) is 11.9. The lowest BCUT2D eigenvalue weighted by Gasteiger charge is -2.06. The predicted molar refractivity (Wildman–Crippen MR) is 94.6 cm³/mol. The van der Waals surface area contributed by atoms with E-state index in [1.807, 2.05) is 18.2 Å². The summed E-state index contributed by atoms with van der Waals surface area (Å²) in [4.78, 5) is 4.32. The Balaban J connectivity index is 1.96. The maximum Gasteiger partial charge on any atom is 0.193 e. The number of nitrogens with one attached hydrogen (secondary N) is 1. The first-order chi connectivity index (χ1) is 11.2. The van der Waals surface area contributed by atoms with Crippen molar-refractivity contribution in [3.05, 3.63) is 47.3 Å². The Morgan fingerprint density at radius 2 is 2.04 bits per heavy atom. The van der Waals surface area contributed by atoms with Crippen molar-refractivity contribution in [1.82, 2.24) is 5.16 Å². The van der Waals surface area contributed by atoms with Crippen LogP contribution in [0.2, 0.25) is 0 Å². The quantitative estimate of drug-likeness (QED) is 0.596. The van der Waals surface area contributed by atoms with Gasteiger partial charge in [-0.3, -0.25) is 0 Å². The molecular weight excluding hydrogens is 288 g/mol. The highest BCUT2D eigenvalue weighted by atomic mass is 16.5. The van der Waals surface area contributed by atoms with Crippen molar-refractivity contribution < 1.29 is 4.52 Å². The lowest BCUT2D eigenvalue weighted by molar-refractivity contribution is 0.372. The van der Waals surface area contributed by atoms with Crippen LogP contribution in [-0.4, -0.2) is 11.1 Å². The molecule has 0 amide bonds. The lowest BCUT2D eigenvalue weighted by Crippen LogP contribution is -2.22. The molecule has 23 heavy (non-hydrogen) atoms. The Kier molecular flexibility index (Phi) is 6.20. The predicted octanol–water partition coefficient (Wildman–Crippen LogP) is 4.07. The molecule has 0 fully saturated rings. The summed E-state index contributed by atoms with van der Waals surface area (Å²) in [5.41, 5.74) is 9.15. The van der Waals surface area contributed by atoms with E-state index in [0.29, 0.717) is 18.4 Å². The maximum atomic E-state index is 5.94. The van der Waals surface area contributed by atoms with Crippen LogP contribution in [-0.2, 0) is 13.0 Å². The summed E-state index contributed by atoms with van der Waals surface area (Å²) >= 11 is 0. The zero-order valence-electron chi connectivity index (χ0n) is 14.2. The summed E-state index contributed by atoms with van der Waals surface area (Å²) in [7, 11) is 0. The van der Waals surface area contributed by atoms with Gasteiger partial charge < -0.3 is 15.6 Å². The van der Waals surface area contributed by atoms with E-state index >= 15 is 0 Å². The van der Waals surface area contributed by atoms with Crippen LogP contribution in [0.1, 0.15) is 56.5 Å². The molecule has 0 spiro atoms. The summed E-state index contributed by atoms with van der Waals surface area (Å²) < 4.78 is 5.35. The fourth-order valence-corrected chi connectivity index (χ4v) is 2.52. The third kappa shape index (κ3) is 4.84. The fraction of sp³-hybridized carbons (Fsp3) is 0.444. The molecule has 5 heteroatoms. The molecule has 2 aromatic rings. The van der Waals surface area contributed by atoms with Gasteiger partial charge in [-0.15, -0.1) is 0 Å². The van der Waals surface area contributed by atoms with Gasteiger partial charge in [-0.1, -0.05) is 38.1 Å². The third-order valence-electron chi connectivity index (χ3n) is 3.99. The molecule has 0 aliphatic heterocycles. The van der Waals surface area contributed by atoms with Crippen molar-refractivity contribution in [2.75, 3.05) is 5.32 Å². The van der Waals surface area contributed by atoms with Crippen molar-refractivity contribution in [3.8, 4) is 0 Å². The number of nitrogens with two attached hydrogens (primary N) is 1. The molecule has 1 heterocycles. The molecule has 0 bridgehead atoms. The smallest absolute Gasteiger partial charge is 0.193 e. The average Bonchev–Trinajstić information content (AvgIpc) is 3.03. The molecule has 124 valence electrons. The van der Waals surface area contributed by atoms with Crippen LogP contribution in [0.25, 0.3) is 0 Å². The number of rotatable bonds is 7. The largest absolute Gasteiger partial charge is 0.370 e. The first-order valence-corrected chi connectivity index (χ1v) is 8.27. The van der Waals surface area contributed by atoms with Gasteiger partial charge in [-0.25, -0.2) is 4.99 Å². The lowest BCUT2D eigenvalue weighted by atomic mass is 9.99. The van der Waals surface area contributed by atoms with E-state index in [9.17, 15) is 0 Å². The van der Waals surface area contributed by atoms with Crippen LogP contribution in [0.4, 0.5) is 5.69 Å². The minimum absolute atomic E-state index is 0.374. The molecule has 0 saturated carbocycles. The molecule has 1 aromatic carbocycles. The van der Waals surface area contributed by atoms with Crippen molar-refractivity contribution in [2.45, 2.75) is 52.5 Å². The minimum atomic E-state index is 0.374. The van der Waals surface area contributed by atoms with Crippen LogP contribution < -0.4 is 11.1 Å². The molecule has 0 unspecified atom stereocenters. The number of aryl methyl sites for hydroxylation is 1. The number of nitrogens with zero attached hydrogens (tertiary/aromatic N) is 2. The number of hydrogen-bond donors (Lipinski definition) is 2. The highest BCUT2D eigenvalue weighted by Gasteiger charge is 2.12. The van der Waals surface area contributed by atoms with Crippen LogP contribution in [0.5, 0.6) is 0 Å². The van der Waals surface area contributed by atoms with Crippen molar-refractivity contribution in [1.29, 1.82) is 0 Å². The molecule has 0 radical (unpaired) electrons. The van der Waals surface area contributed by atoms with Crippen LogP contribution in [0.15, 0.2) is 39.8 Å². The summed E-state index contributed by atoms with van der Waals surface area (Å²) in [5, 5.41) is 7.24. The van der Waals surface area contributed by atoms with Crippen molar-refractivity contribution in [2.24, 2.45) is 10.7 Å². The van der Waals surface area contributed by atoms with Crippen LogP contribution >= 0.6 is 0 Å². The number of benzene rings is 1. The zero-order valence-corrected chi connectivity index (χ0v) is 14.2. The van der Waals surface area contributed by atoms with Crippen molar-refractivity contribution >= 4 is 11.6 Å². The maximum absolute atomic E-state index is 5.94. The Morgan fingerprint density at radius 3 is 2.74 bits per heavy atom. The Bertz CT molecular complexity index is 644. The summed E-state index contributed by atoms with van der Waals surface area (Å²) in [6.07, 6.45) is 3.11. The van der Waals surface area contributed by atoms with Crippen LogP contribution in [0, 0.1) is 0 Å². The van der Waals surface area contributed by atoms with Gasteiger partial charge >= 0.3 is 0 Å². The molecule has 0 aliphatic rings.